The molecule has 2 N–H and O–H groups in total. The second kappa shape index (κ2) is 3.42. The number of aromatic nitrogens is 3. The quantitative estimate of drug-likeness (QED) is 0.810. The van der Waals surface area contributed by atoms with E-state index in [-0.39, 0.29) is 0 Å². The van der Waals surface area contributed by atoms with Gasteiger partial charge in [0, 0.05) is 24.5 Å². The lowest BCUT2D eigenvalue weighted by Gasteiger charge is -1.93. The lowest BCUT2D eigenvalue weighted by atomic mass is 10.2. The maximum atomic E-state index is 5.62. The molecule has 2 aromatic rings. The summed E-state index contributed by atoms with van der Waals surface area (Å²) in [5.41, 5.74) is 7.69. The summed E-state index contributed by atoms with van der Waals surface area (Å²) in [5.74, 6) is 0. The van der Waals surface area contributed by atoms with Crippen LogP contribution in [0.2, 0.25) is 0 Å². The molecule has 2 rings (SSSR count). The fourth-order valence-electron chi connectivity index (χ4n) is 1.34. The van der Waals surface area contributed by atoms with E-state index in [0.29, 0.717) is 5.13 Å². The second-order valence-corrected chi connectivity index (χ2v) is 4.33. The first-order valence-corrected chi connectivity index (χ1v) is 5.17. The lowest BCUT2D eigenvalue weighted by molar-refractivity contribution is 0.749. The van der Waals surface area contributed by atoms with E-state index in [2.05, 4.69) is 10.1 Å². The van der Waals surface area contributed by atoms with Crippen molar-refractivity contribution < 1.29 is 0 Å². The van der Waals surface area contributed by atoms with Crippen LogP contribution in [-0.4, -0.2) is 14.8 Å². The summed E-state index contributed by atoms with van der Waals surface area (Å²) in [6.07, 6.45) is 2.76. The molecule has 0 radical (unpaired) electrons. The molecule has 4 nitrogen and oxygen atoms in total. The third kappa shape index (κ3) is 1.77. The molecule has 0 unspecified atom stereocenters. The molecule has 14 heavy (non-hydrogen) atoms. The monoisotopic (exact) mass is 208 g/mol. The third-order valence-electron chi connectivity index (χ3n) is 2.02. The largest absolute Gasteiger partial charge is 0.375 e. The number of hydrogen-bond donors (Lipinski definition) is 1. The van der Waals surface area contributed by atoms with E-state index in [9.17, 15) is 0 Å². The maximum Gasteiger partial charge on any atom is 0.180 e. The summed E-state index contributed by atoms with van der Waals surface area (Å²) in [4.78, 5) is 5.37. The molecule has 0 aliphatic carbocycles. The predicted octanol–water partition coefficient (Wildman–Crippen LogP) is 1.36. The van der Waals surface area contributed by atoms with E-state index in [0.717, 1.165) is 17.8 Å². The van der Waals surface area contributed by atoms with Gasteiger partial charge in [-0.2, -0.15) is 5.10 Å². The average Bonchev–Trinajstić information content (AvgIpc) is 2.61. The molecule has 2 aromatic heterocycles. The summed E-state index contributed by atoms with van der Waals surface area (Å²) in [6, 6.07) is 2.01. The first-order valence-electron chi connectivity index (χ1n) is 4.35. The van der Waals surface area contributed by atoms with E-state index in [1.54, 1.807) is 4.68 Å². The number of hydrogen-bond acceptors (Lipinski definition) is 4. The van der Waals surface area contributed by atoms with Gasteiger partial charge in [0.2, 0.25) is 0 Å². The molecule has 0 aliphatic heterocycles. The molecule has 74 valence electrons. The van der Waals surface area contributed by atoms with Crippen LogP contribution in [0.25, 0.3) is 0 Å². The Morgan fingerprint density at radius 1 is 1.57 bits per heavy atom. The smallest absolute Gasteiger partial charge is 0.180 e. The van der Waals surface area contributed by atoms with Crippen molar-refractivity contribution in [2.45, 2.75) is 13.3 Å². The van der Waals surface area contributed by atoms with Gasteiger partial charge in [-0.1, -0.05) is 0 Å². The fraction of sp³-hybridized carbons (Fsp3) is 0.333. The number of aryl methyl sites for hydroxylation is 2. The summed E-state index contributed by atoms with van der Waals surface area (Å²) >= 11 is 1.54. The first-order chi connectivity index (χ1) is 6.65. The van der Waals surface area contributed by atoms with Crippen molar-refractivity contribution in [3.8, 4) is 0 Å². The normalized spacial score (nSPS) is 10.7. The van der Waals surface area contributed by atoms with Crippen LogP contribution in [-0.2, 0) is 13.5 Å². The van der Waals surface area contributed by atoms with Crippen LogP contribution in [0.15, 0.2) is 12.3 Å². The van der Waals surface area contributed by atoms with E-state index in [1.165, 1.54) is 16.2 Å². The molecule has 0 saturated carbocycles. The minimum atomic E-state index is 0.633. The molecule has 0 aromatic carbocycles. The van der Waals surface area contributed by atoms with Crippen molar-refractivity contribution in [1.29, 1.82) is 0 Å². The molecule has 2 heterocycles. The summed E-state index contributed by atoms with van der Waals surface area (Å²) < 4.78 is 1.80. The predicted molar refractivity (Wildman–Crippen MR) is 57.3 cm³/mol. The molecular weight excluding hydrogens is 196 g/mol. The fourth-order valence-corrected chi connectivity index (χ4v) is 2.18. The van der Waals surface area contributed by atoms with Crippen molar-refractivity contribution in [3.63, 3.8) is 0 Å². The lowest BCUT2D eigenvalue weighted by Crippen LogP contribution is -1.92. The molecule has 0 fully saturated rings. The van der Waals surface area contributed by atoms with Crippen molar-refractivity contribution in [1.82, 2.24) is 14.8 Å². The number of rotatable bonds is 2. The van der Waals surface area contributed by atoms with Crippen LogP contribution < -0.4 is 5.73 Å². The Labute approximate surface area is 86.4 Å². The number of anilines is 1. The number of nitrogens with zero attached hydrogens (tertiary/aromatic N) is 3. The SMILES string of the molecule is Cc1nc(N)sc1Cc1ccn(C)n1. The molecule has 0 saturated heterocycles. The van der Waals surface area contributed by atoms with Crippen molar-refractivity contribution in [2.24, 2.45) is 7.05 Å². The molecule has 0 amide bonds. The van der Waals surface area contributed by atoms with Gasteiger partial charge in [-0.25, -0.2) is 4.98 Å². The van der Waals surface area contributed by atoms with Gasteiger partial charge < -0.3 is 5.73 Å². The first kappa shape index (κ1) is 9.21. The Morgan fingerprint density at radius 3 is 2.86 bits per heavy atom. The van der Waals surface area contributed by atoms with Crippen LogP contribution in [0.1, 0.15) is 16.3 Å². The number of nitrogen functional groups attached to an aromatic ring is 1. The van der Waals surface area contributed by atoms with Crippen LogP contribution in [0.3, 0.4) is 0 Å². The highest BCUT2D eigenvalue weighted by Crippen LogP contribution is 2.21. The van der Waals surface area contributed by atoms with Crippen molar-refractivity contribution in [2.75, 3.05) is 5.73 Å². The maximum absolute atomic E-state index is 5.62. The van der Waals surface area contributed by atoms with E-state index >= 15 is 0 Å². The number of thiazole rings is 1. The molecule has 0 spiro atoms. The van der Waals surface area contributed by atoms with Gasteiger partial charge in [-0.15, -0.1) is 11.3 Å². The zero-order chi connectivity index (χ0) is 10.1. The Hall–Kier alpha value is -1.36. The van der Waals surface area contributed by atoms with Gasteiger partial charge in [-0.3, -0.25) is 4.68 Å². The van der Waals surface area contributed by atoms with E-state index in [1.807, 2.05) is 26.2 Å². The topological polar surface area (TPSA) is 56.7 Å². The summed E-state index contributed by atoms with van der Waals surface area (Å²) in [6.45, 7) is 1.98. The standard InChI is InChI=1S/C9H12N4S/c1-6-8(14-9(10)11-6)5-7-3-4-13(2)12-7/h3-4H,5H2,1-2H3,(H2,10,11). The van der Waals surface area contributed by atoms with E-state index in [4.69, 9.17) is 5.73 Å². The van der Waals surface area contributed by atoms with Gasteiger partial charge in [0.05, 0.1) is 11.4 Å². The van der Waals surface area contributed by atoms with Crippen molar-refractivity contribution >= 4 is 16.5 Å². The van der Waals surface area contributed by atoms with Crippen LogP contribution in [0.4, 0.5) is 5.13 Å². The molecule has 0 aliphatic rings. The third-order valence-corrected chi connectivity index (χ3v) is 3.01. The summed E-state index contributed by atoms with van der Waals surface area (Å²) in [5, 5.41) is 4.94. The molecular formula is C9H12N4S. The minimum Gasteiger partial charge on any atom is -0.375 e. The van der Waals surface area contributed by atoms with Crippen LogP contribution >= 0.6 is 11.3 Å². The molecule has 0 atom stereocenters. The average molecular weight is 208 g/mol. The van der Waals surface area contributed by atoms with Crippen LogP contribution in [0.5, 0.6) is 0 Å². The Kier molecular flexibility index (Phi) is 2.25. The zero-order valence-corrected chi connectivity index (χ0v) is 9.01. The highest BCUT2D eigenvalue weighted by Gasteiger charge is 2.07. The highest BCUT2D eigenvalue weighted by molar-refractivity contribution is 7.15. The van der Waals surface area contributed by atoms with E-state index < -0.39 is 0 Å². The minimum absolute atomic E-state index is 0.633. The summed E-state index contributed by atoms with van der Waals surface area (Å²) in [7, 11) is 1.91. The van der Waals surface area contributed by atoms with Gasteiger partial charge in [0.1, 0.15) is 0 Å². The molecule has 5 heteroatoms. The molecule has 0 bridgehead atoms. The van der Waals surface area contributed by atoms with Gasteiger partial charge in [-0.05, 0) is 13.0 Å². The van der Waals surface area contributed by atoms with Gasteiger partial charge in [0.15, 0.2) is 5.13 Å². The highest BCUT2D eigenvalue weighted by atomic mass is 32.1. The zero-order valence-electron chi connectivity index (χ0n) is 8.19. The Balaban J connectivity index is 2.22. The Morgan fingerprint density at radius 2 is 2.36 bits per heavy atom. The Bertz CT molecular complexity index is 443. The van der Waals surface area contributed by atoms with Crippen LogP contribution in [0, 0.1) is 6.92 Å². The van der Waals surface area contributed by atoms with Gasteiger partial charge >= 0.3 is 0 Å². The number of nitrogens with two attached hydrogens (primary N) is 1. The second-order valence-electron chi connectivity index (χ2n) is 3.22. The van der Waals surface area contributed by atoms with Gasteiger partial charge in [0.25, 0.3) is 0 Å². The van der Waals surface area contributed by atoms with Crippen molar-refractivity contribution in [3.05, 3.63) is 28.5 Å².